The van der Waals surface area contributed by atoms with Crippen molar-refractivity contribution in [3.05, 3.63) is 0 Å². The van der Waals surface area contributed by atoms with E-state index in [1.807, 2.05) is 0 Å². The number of phosphoric ester groups is 6. The number of carboxylic acid groups (broad SMARTS) is 1. The first-order valence-electron chi connectivity index (χ1n) is 8.93. The molecule has 32 heteroatoms. The van der Waals surface area contributed by atoms with Gasteiger partial charge in [0.1, 0.15) is 36.6 Å². The van der Waals surface area contributed by atoms with E-state index in [9.17, 15) is 27.4 Å². The van der Waals surface area contributed by atoms with E-state index in [1.165, 1.54) is 0 Å². The van der Waals surface area contributed by atoms with Gasteiger partial charge in [-0.1, -0.05) is 0 Å². The van der Waals surface area contributed by atoms with Crippen molar-refractivity contribution in [3.8, 4) is 0 Å². The number of carbonyl (C=O) groups is 1. The third-order valence-corrected chi connectivity index (χ3v) is 6.61. The first-order chi connectivity index (χ1) is 17.3. The second kappa shape index (κ2) is 14.3. The van der Waals surface area contributed by atoms with Crippen LogP contribution in [-0.2, 0) is 59.3 Å². The molecule has 0 saturated heterocycles. The predicted molar refractivity (Wildman–Crippen MR) is 115 cm³/mol. The average Bonchev–Trinajstić information content (AvgIpc) is 2.57. The highest BCUT2D eigenvalue weighted by Crippen LogP contribution is 2.57. The van der Waals surface area contributed by atoms with Gasteiger partial charge in [-0.2, -0.15) is 0 Å². The van der Waals surface area contributed by atoms with Crippen molar-refractivity contribution < 1.29 is 123 Å². The maximum Gasteiger partial charge on any atom is 0.470 e. The molecule has 40 heavy (non-hydrogen) atoms. The largest absolute Gasteiger partial charge is 0.481 e. The van der Waals surface area contributed by atoms with Crippen molar-refractivity contribution >= 4 is 52.9 Å². The van der Waals surface area contributed by atoms with Gasteiger partial charge in [0.25, 0.3) is 5.97 Å². The molecule has 0 aliphatic heterocycles. The molecule has 0 aromatic heterocycles. The lowest BCUT2D eigenvalue weighted by molar-refractivity contribution is -0.202. The van der Waals surface area contributed by atoms with Gasteiger partial charge >= 0.3 is 46.9 Å². The van der Waals surface area contributed by atoms with E-state index in [0.29, 0.717) is 0 Å². The fourth-order valence-corrected chi connectivity index (χ4v) is 6.14. The van der Waals surface area contributed by atoms with Crippen LogP contribution in [0.5, 0.6) is 0 Å². The number of rotatable bonds is 12. The molecule has 0 spiro atoms. The van der Waals surface area contributed by atoms with Crippen LogP contribution < -0.4 is 0 Å². The van der Waals surface area contributed by atoms with Crippen molar-refractivity contribution in [2.45, 2.75) is 43.5 Å². The summed E-state index contributed by atoms with van der Waals surface area (Å²) in [6, 6.07) is 0. The van der Waals surface area contributed by atoms with Gasteiger partial charge in [-0.25, -0.2) is 27.4 Å². The summed E-state index contributed by atoms with van der Waals surface area (Å²) in [5.41, 5.74) is 0. The Morgan fingerprint density at radius 3 is 0.525 bits per heavy atom. The topological polar surface area (TPSA) is 438 Å². The molecule has 0 heterocycles. The van der Waals surface area contributed by atoms with Crippen LogP contribution in [0.2, 0.25) is 0 Å². The average molecular weight is 720 g/mol. The first kappa shape index (κ1) is 40.1. The zero-order valence-electron chi connectivity index (χ0n) is 18.8. The highest BCUT2D eigenvalue weighted by Gasteiger charge is 2.62. The fourth-order valence-electron chi connectivity index (χ4n) is 2.79. The lowest BCUT2D eigenvalue weighted by Gasteiger charge is -2.48. The molecule has 240 valence electrons. The summed E-state index contributed by atoms with van der Waals surface area (Å²) in [6.45, 7) is 1.08. The molecule has 0 amide bonds. The standard InChI is InChI=1S/C6H18O24P6.C2H4O2/c7-31(8,9)25-1-2(26-32(10,11)12)4(28-34(16,17)18)6(30-36(22,23)24)5(29-35(19,20)21)3(1)27-33(13,14)15;1-2(3)4/h1-6H,(H2,7,8,9)(H2,10,11,12)(H2,13,14,15)(H2,16,17,18)(H2,19,20,21)(H2,22,23,24);1H3,(H,3,4). The number of aliphatic carboxylic acids is 1. The SMILES string of the molecule is CC(=O)O.O=P(O)(O)OC1C(OP(=O)(O)O)C(OP(=O)(O)O)C(OP(=O)(O)O)C(OP(=O)(O)O)C1OP(=O)(O)O. The van der Waals surface area contributed by atoms with Gasteiger partial charge in [-0.05, 0) is 0 Å². The highest BCUT2D eigenvalue weighted by atomic mass is 31.2. The minimum atomic E-state index is -6.02. The van der Waals surface area contributed by atoms with Crippen LogP contribution in [0.4, 0.5) is 0 Å². The molecule has 0 radical (unpaired) electrons. The van der Waals surface area contributed by atoms with Gasteiger partial charge in [-0.15, -0.1) is 0 Å². The number of phosphoric acid groups is 6. The zero-order valence-corrected chi connectivity index (χ0v) is 24.1. The summed E-state index contributed by atoms with van der Waals surface area (Å²) in [5, 5.41) is 7.42. The van der Waals surface area contributed by atoms with Gasteiger partial charge < -0.3 is 63.8 Å². The Kier molecular flexibility index (Phi) is 14.3. The zero-order chi connectivity index (χ0) is 32.3. The Hall–Kier alpha value is 0.130. The third-order valence-electron chi connectivity index (χ3n) is 3.50. The Balaban J connectivity index is 0.00000354. The van der Waals surface area contributed by atoms with Crippen molar-refractivity contribution in [1.82, 2.24) is 0 Å². The molecule has 0 aromatic rings. The summed E-state index contributed by atoms with van der Waals surface area (Å²) in [6.07, 6.45) is -18.9. The normalized spacial score (nSPS) is 27.0. The first-order valence-corrected chi connectivity index (χ1v) is 18.1. The van der Waals surface area contributed by atoms with Crippen LogP contribution in [0.3, 0.4) is 0 Å². The lowest BCUT2D eigenvalue weighted by atomic mass is 9.85. The number of carboxylic acids is 1. The van der Waals surface area contributed by atoms with Crippen molar-refractivity contribution in [1.29, 1.82) is 0 Å². The van der Waals surface area contributed by atoms with E-state index in [1.54, 1.807) is 0 Å². The van der Waals surface area contributed by atoms with Gasteiger partial charge in [0.05, 0.1) is 0 Å². The Morgan fingerprint density at radius 1 is 0.400 bits per heavy atom. The molecule has 1 aliphatic rings. The molecular formula is C8H22O26P6. The third kappa shape index (κ3) is 17.9. The van der Waals surface area contributed by atoms with E-state index in [4.69, 9.17) is 68.6 Å². The van der Waals surface area contributed by atoms with Crippen LogP contribution in [0.25, 0.3) is 0 Å². The summed E-state index contributed by atoms with van der Waals surface area (Å²) >= 11 is 0. The van der Waals surface area contributed by atoms with E-state index < -0.39 is 89.5 Å². The molecule has 13 N–H and O–H groups in total. The molecule has 1 fully saturated rings. The smallest absolute Gasteiger partial charge is 0.470 e. The second-order valence-corrected chi connectivity index (χ2v) is 14.0. The Morgan fingerprint density at radius 2 is 0.475 bits per heavy atom. The van der Waals surface area contributed by atoms with Crippen LogP contribution in [0.15, 0.2) is 0 Å². The van der Waals surface area contributed by atoms with Gasteiger partial charge in [-0.3, -0.25) is 31.9 Å². The van der Waals surface area contributed by atoms with Crippen LogP contribution in [-0.4, -0.2) is 106 Å². The second-order valence-electron chi connectivity index (χ2n) is 6.88. The van der Waals surface area contributed by atoms with E-state index in [0.717, 1.165) is 6.92 Å². The summed E-state index contributed by atoms with van der Waals surface area (Å²) in [4.78, 5) is 119. The minimum absolute atomic E-state index is 0.833. The molecular weight excluding hydrogens is 698 g/mol. The predicted octanol–water partition coefficient (Wildman–Crippen LogP) is -3.04. The minimum Gasteiger partial charge on any atom is -0.481 e. The maximum absolute atomic E-state index is 11.4. The van der Waals surface area contributed by atoms with Gasteiger partial charge in [0.2, 0.25) is 0 Å². The molecule has 26 nitrogen and oxygen atoms in total. The van der Waals surface area contributed by atoms with Gasteiger partial charge in [0.15, 0.2) is 0 Å². The van der Waals surface area contributed by atoms with Crippen molar-refractivity contribution in [3.63, 3.8) is 0 Å². The maximum atomic E-state index is 11.4. The van der Waals surface area contributed by atoms with Crippen LogP contribution >= 0.6 is 46.9 Å². The van der Waals surface area contributed by atoms with Crippen LogP contribution in [0, 0.1) is 0 Å². The fraction of sp³-hybridized carbons (Fsp3) is 0.875. The van der Waals surface area contributed by atoms with E-state index in [-0.39, 0.29) is 0 Å². The van der Waals surface area contributed by atoms with E-state index >= 15 is 0 Å². The molecule has 0 aromatic carbocycles. The quantitative estimate of drug-likeness (QED) is 0.0891. The summed E-state index contributed by atoms with van der Waals surface area (Å²) < 4.78 is 93.1. The highest BCUT2D eigenvalue weighted by molar-refractivity contribution is 7.47. The molecule has 0 unspecified atom stereocenters. The molecule has 0 atom stereocenters. The summed E-state index contributed by atoms with van der Waals surface area (Å²) in [7, 11) is -36.1. The van der Waals surface area contributed by atoms with Gasteiger partial charge in [0, 0.05) is 6.92 Å². The molecule has 1 aliphatic carbocycles. The Bertz CT molecular complexity index is 911. The van der Waals surface area contributed by atoms with Crippen LogP contribution in [0.1, 0.15) is 6.92 Å². The lowest BCUT2D eigenvalue weighted by Crippen LogP contribution is -2.66. The van der Waals surface area contributed by atoms with Crippen molar-refractivity contribution in [2.24, 2.45) is 0 Å². The Labute approximate surface area is 220 Å². The summed E-state index contributed by atoms with van der Waals surface area (Å²) in [5.74, 6) is -0.833. The monoisotopic (exact) mass is 720 g/mol. The molecule has 1 rings (SSSR count). The number of hydrogen-bond donors (Lipinski definition) is 13. The molecule has 1 saturated carbocycles. The van der Waals surface area contributed by atoms with Crippen molar-refractivity contribution in [2.75, 3.05) is 0 Å². The van der Waals surface area contributed by atoms with E-state index in [2.05, 4.69) is 27.1 Å². The molecule has 0 bridgehead atoms. The number of hydrogen-bond acceptors (Lipinski definition) is 13.